The summed E-state index contributed by atoms with van der Waals surface area (Å²) in [7, 11) is 0. The van der Waals surface area contributed by atoms with Gasteiger partial charge in [0.25, 0.3) is 0 Å². The second-order valence-electron chi connectivity index (χ2n) is 5.53. The molecule has 2 aliphatic heterocycles. The first-order valence-electron chi connectivity index (χ1n) is 6.67. The molecule has 1 aromatic carbocycles. The highest BCUT2D eigenvalue weighted by atomic mass is 16.5. The molecule has 0 amide bonds. The van der Waals surface area contributed by atoms with E-state index >= 15 is 0 Å². The minimum absolute atomic E-state index is 0.477. The lowest BCUT2D eigenvalue weighted by Gasteiger charge is -2.20. The maximum absolute atomic E-state index is 5.86. The van der Waals surface area contributed by atoms with E-state index in [1.165, 1.54) is 36.0 Å². The number of benzene rings is 1. The molecule has 1 aromatic rings. The van der Waals surface area contributed by atoms with Crippen molar-refractivity contribution < 1.29 is 4.74 Å². The summed E-state index contributed by atoms with van der Waals surface area (Å²) in [5.41, 5.74) is 4.15. The SMILES string of the molecule is Cc1ccc(C)c(CNC2CC3CCC2O3)c1. The topological polar surface area (TPSA) is 21.3 Å². The Morgan fingerprint density at radius 3 is 2.88 bits per heavy atom. The van der Waals surface area contributed by atoms with Crippen LogP contribution in [0.2, 0.25) is 0 Å². The maximum Gasteiger partial charge on any atom is 0.0733 e. The summed E-state index contributed by atoms with van der Waals surface area (Å²) in [5.74, 6) is 0. The third kappa shape index (κ3) is 2.24. The Labute approximate surface area is 103 Å². The number of rotatable bonds is 3. The van der Waals surface area contributed by atoms with Crippen LogP contribution >= 0.6 is 0 Å². The van der Waals surface area contributed by atoms with Gasteiger partial charge in [-0.05, 0) is 44.2 Å². The fourth-order valence-corrected chi connectivity index (χ4v) is 3.08. The Bertz CT molecular complexity index is 415. The third-order valence-electron chi connectivity index (χ3n) is 4.17. The van der Waals surface area contributed by atoms with E-state index in [0.29, 0.717) is 18.2 Å². The minimum Gasteiger partial charge on any atom is -0.373 e. The minimum atomic E-state index is 0.477. The molecule has 2 bridgehead atoms. The molecule has 2 saturated heterocycles. The lowest BCUT2D eigenvalue weighted by atomic mass is 9.95. The molecule has 0 aliphatic carbocycles. The van der Waals surface area contributed by atoms with Crippen molar-refractivity contribution in [2.75, 3.05) is 0 Å². The van der Waals surface area contributed by atoms with Gasteiger partial charge in [-0.15, -0.1) is 0 Å². The molecular formula is C15H21NO. The summed E-state index contributed by atoms with van der Waals surface area (Å²) >= 11 is 0. The molecule has 1 N–H and O–H groups in total. The van der Waals surface area contributed by atoms with Gasteiger partial charge in [0.1, 0.15) is 0 Å². The van der Waals surface area contributed by atoms with Gasteiger partial charge in [0, 0.05) is 12.6 Å². The highest BCUT2D eigenvalue weighted by molar-refractivity contribution is 5.30. The van der Waals surface area contributed by atoms with E-state index in [2.05, 4.69) is 37.4 Å². The lowest BCUT2D eigenvalue weighted by molar-refractivity contribution is 0.0973. The molecule has 3 unspecified atom stereocenters. The zero-order valence-corrected chi connectivity index (χ0v) is 10.7. The fourth-order valence-electron chi connectivity index (χ4n) is 3.08. The molecule has 0 radical (unpaired) electrons. The van der Waals surface area contributed by atoms with E-state index in [9.17, 15) is 0 Å². The van der Waals surface area contributed by atoms with Crippen LogP contribution in [-0.4, -0.2) is 18.2 Å². The summed E-state index contributed by atoms with van der Waals surface area (Å²) < 4.78 is 5.86. The molecule has 2 aliphatic rings. The normalized spacial score (nSPS) is 31.1. The number of hydrogen-bond donors (Lipinski definition) is 1. The molecular weight excluding hydrogens is 210 g/mol. The largest absolute Gasteiger partial charge is 0.373 e. The predicted molar refractivity (Wildman–Crippen MR) is 69.1 cm³/mol. The number of aryl methyl sites for hydroxylation is 2. The molecule has 2 fully saturated rings. The van der Waals surface area contributed by atoms with E-state index in [1.54, 1.807) is 0 Å². The molecule has 3 atom stereocenters. The van der Waals surface area contributed by atoms with Gasteiger partial charge in [-0.2, -0.15) is 0 Å². The standard InChI is InChI=1S/C15H21NO/c1-10-3-4-11(2)12(7-10)9-16-14-8-13-5-6-15(14)17-13/h3-4,7,13-16H,5-6,8-9H2,1-2H3. The Morgan fingerprint density at radius 1 is 1.29 bits per heavy atom. The lowest BCUT2D eigenvalue weighted by Crippen LogP contribution is -2.37. The highest BCUT2D eigenvalue weighted by Crippen LogP contribution is 2.34. The van der Waals surface area contributed by atoms with Crippen molar-refractivity contribution in [1.82, 2.24) is 5.32 Å². The second kappa shape index (κ2) is 4.43. The van der Waals surface area contributed by atoms with Crippen LogP contribution in [0.25, 0.3) is 0 Å². The Morgan fingerprint density at radius 2 is 2.18 bits per heavy atom. The van der Waals surface area contributed by atoms with Crippen molar-refractivity contribution in [3.8, 4) is 0 Å². The third-order valence-corrected chi connectivity index (χ3v) is 4.17. The van der Waals surface area contributed by atoms with Gasteiger partial charge >= 0.3 is 0 Å². The molecule has 2 heteroatoms. The van der Waals surface area contributed by atoms with Gasteiger partial charge in [0.2, 0.25) is 0 Å². The van der Waals surface area contributed by atoms with Crippen LogP contribution in [0.4, 0.5) is 0 Å². The maximum atomic E-state index is 5.86. The zero-order chi connectivity index (χ0) is 11.8. The van der Waals surface area contributed by atoms with Crippen molar-refractivity contribution in [2.24, 2.45) is 0 Å². The van der Waals surface area contributed by atoms with Crippen LogP contribution in [0.3, 0.4) is 0 Å². The number of ether oxygens (including phenoxy) is 1. The van der Waals surface area contributed by atoms with Crippen LogP contribution in [0.5, 0.6) is 0 Å². The number of fused-ring (bicyclic) bond motifs is 2. The van der Waals surface area contributed by atoms with E-state index in [0.717, 1.165) is 6.54 Å². The van der Waals surface area contributed by atoms with Crippen molar-refractivity contribution in [3.05, 3.63) is 34.9 Å². The Hall–Kier alpha value is -0.860. The quantitative estimate of drug-likeness (QED) is 0.863. The van der Waals surface area contributed by atoms with Gasteiger partial charge in [-0.1, -0.05) is 23.8 Å². The van der Waals surface area contributed by atoms with E-state index in [-0.39, 0.29) is 0 Å². The van der Waals surface area contributed by atoms with E-state index in [1.807, 2.05) is 0 Å². The fraction of sp³-hybridized carbons (Fsp3) is 0.600. The van der Waals surface area contributed by atoms with Crippen LogP contribution < -0.4 is 5.32 Å². The first-order valence-corrected chi connectivity index (χ1v) is 6.67. The summed E-state index contributed by atoms with van der Waals surface area (Å²) in [6.45, 7) is 5.32. The van der Waals surface area contributed by atoms with Crippen molar-refractivity contribution >= 4 is 0 Å². The van der Waals surface area contributed by atoms with Gasteiger partial charge in [0.15, 0.2) is 0 Å². The molecule has 0 spiro atoms. The summed E-state index contributed by atoms with van der Waals surface area (Å²) in [6.07, 6.45) is 4.73. The monoisotopic (exact) mass is 231 g/mol. The predicted octanol–water partition coefficient (Wildman–Crippen LogP) is 2.71. The first kappa shape index (κ1) is 11.2. The summed E-state index contributed by atoms with van der Waals surface area (Å²) in [4.78, 5) is 0. The van der Waals surface area contributed by atoms with E-state index in [4.69, 9.17) is 4.74 Å². The molecule has 2 heterocycles. The molecule has 0 aromatic heterocycles. The average molecular weight is 231 g/mol. The van der Waals surface area contributed by atoms with Gasteiger partial charge < -0.3 is 10.1 Å². The van der Waals surface area contributed by atoms with Crippen molar-refractivity contribution in [1.29, 1.82) is 0 Å². The zero-order valence-electron chi connectivity index (χ0n) is 10.7. The number of hydrogen-bond acceptors (Lipinski definition) is 2. The van der Waals surface area contributed by atoms with Gasteiger partial charge in [0.05, 0.1) is 12.2 Å². The van der Waals surface area contributed by atoms with Gasteiger partial charge in [-0.25, -0.2) is 0 Å². The van der Waals surface area contributed by atoms with Crippen LogP contribution in [-0.2, 0) is 11.3 Å². The molecule has 3 rings (SSSR count). The Kier molecular flexibility index (Phi) is 2.93. The second-order valence-corrected chi connectivity index (χ2v) is 5.53. The Balaban J connectivity index is 1.62. The summed E-state index contributed by atoms with van der Waals surface area (Å²) in [6, 6.07) is 7.26. The smallest absolute Gasteiger partial charge is 0.0733 e. The number of nitrogens with one attached hydrogen (secondary N) is 1. The molecule has 92 valence electrons. The van der Waals surface area contributed by atoms with Crippen molar-refractivity contribution in [2.45, 2.75) is 57.9 Å². The van der Waals surface area contributed by atoms with Crippen LogP contribution in [0.1, 0.15) is 36.0 Å². The van der Waals surface area contributed by atoms with E-state index < -0.39 is 0 Å². The molecule has 17 heavy (non-hydrogen) atoms. The van der Waals surface area contributed by atoms with Crippen molar-refractivity contribution in [3.63, 3.8) is 0 Å². The molecule has 0 saturated carbocycles. The average Bonchev–Trinajstić information content (AvgIpc) is 2.92. The first-order chi connectivity index (χ1) is 8.22. The van der Waals surface area contributed by atoms with Crippen LogP contribution in [0.15, 0.2) is 18.2 Å². The van der Waals surface area contributed by atoms with Gasteiger partial charge in [-0.3, -0.25) is 0 Å². The van der Waals surface area contributed by atoms with Crippen LogP contribution in [0, 0.1) is 13.8 Å². The molecule has 2 nitrogen and oxygen atoms in total. The highest BCUT2D eigenvalue weighted by Gasteiger charge is 2.40. The summed E-state index contributed by atoms with van der Waals surface area (Å²) in [5, 5.41) is 3.67.